The molecular formula is C18H22N4. The van der Waals surface area contributed by atoms with Gasteiger partial charge in [0.1, 0.15) is 0 Å². The predicted octanol–water partition coefficient (Wildman–Crippen LogP) is 2.60. The first-order valence-electron chi connectivity index (χ1n) is 7.54. The van der Waals surface area contributed by atoms with Crippen molar-refractivity contribution in [3.8, 4) is 12.3 Å². The van der Waals surface area contributed by atoms with E-state index in [1.165, 1.54) is 5.69 Å². The maximum atomic E-state index is 5.29. The first kappa shape index (κ1) is 14.5. The summed E-state index contributed by atoms with van der Waals surface area (Å²) in [5.41, 5.74) is 3.84. The van der Waals surface area contributed by atoms with Crippen LogP contribution in [0.15, 0.2) is 31.0 Å². The average Bonchev–Trinajstić information content (AvgIpc) is 2.82. The van der Waals surface area contributed by atoms with Crippen LogP contribution in [-0.2, 0) is 0 Å². The average molecular weight is 294 g/mol. The first-order valence-corrected chi connectivity index (χ1v) is 7.54. The molecule has 4 nitrogen and oxygen atoms in total. The van der Waals surface area contributed by atoms with Gasteiger partial charge in [-0.3, -0.25) is 0 Å². The molecule has 2 aliphatic heterocycles. The number of anilines is 2. The quantitative estimate of drug-likeness (QED) is 0.865. The van der Waals surface area contributed by atoms with Gasteiger partial charge in [-0.05, 0) is 32.4 Å². The van der Waals surface area contributed by atoms with Crippen LogP contribution in [0.3, 0.4) is 0 Å². The van der Waals surface area contributed by atoms with Gasteiger partial charge in [-0.25, -0.2) is 4.98 Å². The topological polar surface area (TPSA) is 31.4 Å². The minimum absolute atomic E-state index is 0.0675. The zero-order chi connectivity index (χ0) is 15.9. The van der Waals surface area contributed by atoms with Gasteiger partial charge in [-0.2, -0.15) is 0 Å². The number of hydrogen-bond acceptors (Lipinski definition) is 4. The Morgan fingerprint density at radius 1 is 1.50 bits per heavy atom. The van der Waals surface area contributed by atoms with E-state index in [-0.39, 0.29) is 5.54 Å². The Hall–Kier alpha value is -2.41. The van der Waals surface area contributed by atoms with Crippen molar-refractivity contribution in [3.05, 3.63) is 36.7 Å². The summed E-state index contributed by atoms with van der Waals surface area (Å²) in [6, 6.07) is 4.13. The van der Waals surface area contributed by atoms with Crippen LogP contribution in [0.25, 0.3) is 5.70 Å². The SMILES string of the molecule is C#CCNC(=C)c1ccc2c(n1)N(C(=C)C)[C@@]1(C)CCN2C1. The van der Waals surface area contributed by atoms with Crippen molar-refractivity contribution in [2.75, 3.05) is 29.4 Å². The van der Waals surface area contributed by atoms with Crippen LogP contribution in [0.2, 0.25) is 0 Å². The Morgan fingerprint density at radius 3 is 2.95 bits per heavy atom. The molecule has 2 aliphatic rings. The number of terminal acetylenes is 1. The van der Waals surface area contributed by atoms with Crippen LogP contribution in [0.5, 0.6) is 0 Å². The highest BCUT2D eigenvalue weighted by Crippen LogP contribution is 2.46. The molecule has 2 bridgehead atoms. The molecule has 1 N–H and O–H groups in total. The van der Waals surface area contributed by atoms with E-state index in [2.05, 4.69) is 47.2 Å². The van der Waals surface area contributed by atoms with E-state index in [0.29, 0.717) is 6.54 Å². The zero-order valence-electron chi connectivity index (χ0n) is 13.3. The van der Waals surface area contributed by atoms with Gasteiger partial charge in [-0.15, -0.1) is 6.42 Å². The third kappa shape index (κ3) is 2.14. The first-order chi connectivity index (χ1) is 10.5. The lowest BCUT2D eigenvalue weighted by Crippen LogP contribution is -2.51. The number of allylic oxidation sites excluding steroid dienone is 1. The maximum absolute atomic E-state index is 5.29. The van der Waals surface area contributed by atoms with E-state index >= 15 is 0 Å². The molecular weight excluding hydrogens is 272 g/mol. The van der Waals surface area contributed by atoms with Crippen LogP contribution in [0.1, 0.15) is 26.0 Å². The van der Waals surface area contributed by atoms with Gasteiger partial charge >= 0.3 is 0 Å². The van der Waals surface area contributed by atoms with E-state index in [1.807, 2.05) is 13.0 Å². The molecule has 1 aromatic rings. The zero-order valence-corrected chi connectivity index (χ0v) is 13.3. The predicted molar refractivity (Wildman–Crippen MR) is 92.6 cm³/mol. The minimum Gasteiger partial charge on any atom is -0.373 e. The minimum atomic E-state index is 0.0675. The van der Waals surface area contributed by atoms with Gasteiger partial charge in [-0.1, -0.05) is 19.1 Å². The number of nitrogens with zero attached hydrogens (tertiary/aromatic N) is 3. The normalized spacial score (nSPS) is 22.0. The van der Waals surface area contributed by atoms with E-state index in [4.69, 9.17) is 11.4 Å². The van der Waals surface area contributed by atoms with Crippen LogP contribution in [-0.4, -0.2) is 30.2 Å². The summed E-state index contributed by atoms with van der Waals surface area (Å²) in [7, 11) is 0. The highest BCUT2D eigenvalue weighted by atomic mass is 15.4. The second kappa shape index (κ2) is 5.10. The molecule has 0 unspecified atom stereocenters. The summed E-state index contributed by atoms with van der Waals surface area (Å²) in [6.45, 7) is 15.0. The molecule has 1 saturated heterocycles. The van der Waals surface area contributed by atoms with Gasteiger partial charge in [0.05, 0.1) is 29.2 Å². The molecule has 1 atom stereocenters. The lowest BCUT2D eigenvalue weighted by molar-refractivity contribution is 0.483. The second-order valence-corrected chi connectivity index (χ2v) is 6.31. The highest BCUT2D eigenvalue weighted by molar-refractivity contribution is 5.77. The van der Waals surface area contributed by atoms with E-state index in [1.54, 1.807) is 0 Å². The summed E-state index contributed by atoms with van der Waals surface area (Å²) in [6.07, 6.45) is 6.40. The number of fused-ring (bicyclic) bond motifs is 4. The molecule has 3 heterocycles. The highest BCUT2D eigenvalue weighted by Gasteiger charge is 2.46. The summed E-state index contributed by atoms with van der Waals surface area (Å²) in [5.74, 6) is 3.53. The third-order valence-electron chi connectivity index (χ3n) is 4.49. The lowest BCUT2D eigenvalue weighted by atomic mass is 9.96. The molecule has 0 spiro atoms. The van der Waals surface area contributed by atoms with E-state index in [0.717, 1.165) is 42.4 Å². The van der Waals surface area contributed by atoms with Crippen molar-refractivity contribution < 1.29 is 0 Å². The monoisotopic (exact) mass is 294 g/mol. The Morgan fingerprint density at radius 2 is 2.27 bits per heavy atom. The molecule has 1 fully saturated rings. The molecule has 0 radical (unpaired) electrons. The fraction of sp³-hybridized carbons (Fsp3) is 0.389. The summed E-state index contributed by atoms with van der Waals surface area (Å²) < 4.78 is 0. The second-order valence-electron chi connectivity index (χ2n) is 6.31. The Bertz CT molecular complexity index is 685. The van der Waals surface area contributed by atoms with Crippen molar-refractivity contribution >= 4 is 17.2 Å². The van der Waals surface area contributed by atoms with E-state index in [9.17, 15) is 0 Å². The number of rotatable bonds is 4. The lowest BCUT2D eigenvalue weighted by Gasteiger charge is -2.44. The molecule has 114 valence electrons. The van der Waals surface area contributed by atoms with Crippen molar-refractivity contribution in [2.24, 2.45) is 0 Å². The van der Waals surface area contributed by atoms with Crippen molar-refractivity contribution in [1.82, 2.24) is 10.3 Å². The van der Waals surface area contributed by atoms with E-state index < -0.39 is 0 Å². The largest absolute Gasteiger partial charge is 0.373 e. The van der Waals surface area contributed by atoms with Crippen LogP contribution in [0.4, 0.5) is 11.5 Å². The van der Waals surface area contributed by atoms with Gasteiger partial charge < -0.3 is 15.1 Å². The molecule has 0 amide bonds. The smallest absolute Gasteiger partial charge is 0.157 e. The summed E-state index contributed by atoms with van der Waals surface area (Å²) in [4.78, 5) is 9.54. The number of pyridine rings is 1. The van der Waals surface area contributed by atoms with Gasteiger partial charge in [0, 0.05) is 18.8 Å². The van der Waals surface area contributed by atoms with Crippen molar-refractivity contribution in [1.29, 1.82) is 0 Å². The molecule has 1 aromatic heterocycles. The van der Waals surface area contributed by atoms with Gasteiger partial charge in [0.15, 0.2) is 5.82 Å². The Labute approximate surface area is 132 Å². The number of nitrogens with one attached hydrogen (secondary N) is 1. The van der Waals surface area contributed by atoms with Crippen LogP contribution in [0, 0.1) is 12.3 Å². The molecule has 3 rings (SSSR count). The molecule has 4 heteroatoms. The van der Waals surface area contributed by atoms with Crippen LogP contribution < -0.4 is 15.1 Å². The van der Waals surface area contributed by atoms with Gasteiger partial charge in [0.2, 0.25) is 0 Å². The molecule has 22 heavy (non-hydrogen) atoms. The number of aromatic nitrogens is 1. The van der Waals surface area contributed by atoms with Gasteiger partial charge in [0.25, 0.3) is 0 Å². The fourth-order valence-corrected chi connectivity index (χ4v) is 3.50. The molecule has 0 aliphatic carbocycles. The van der Waals surface area contributed by atoms with Crippen molar-refractivity contribution in [3.63, 3.8) is 0 Å². The van der Waals surface area contributed by atoms with Crippen LogP contribution >= 0.6 is 0 Å². The summed E-state index contributed by atoms with van der Waals surface area (Å²) >= 11 is 0. The third-order valence-corrected chi connectivity index (χ3v) is 4.49. The summed E-state index contributed by atoms with van der Waals surface area (Å²) in [5, 5.41) is 3.10. The molecule has 0 aromatic carbocycles. The Balaban J connectivity index is 2.04. The maximum Gasteiger partial charge on any atom is 0.157 e. The number of hydrogen-bond donors (Lipinski definition) is 1. The Kier molecular flexibility index (Phi) is 3.37. The standard InChI is InChI=1S/C18H22N4/c1-6-10-19-14(4)15-7-8-16-17(20-15)22(13(2)3)18(5)9-11-21(16)12-18/h1,7-8,19H,2,4,9-12H2,3,5H3/t18-/m0/s1. The molecule has 0 saturated carbocycles. The van der Waals surface area contributed by atoms with Crippen molar-refractivity contribution in [2.45, 2.75) is 25.8 Å². The fourth-order valence-electron chi connectivity index (χ4n) is 3.50.